The van der Waals surface area contributed by atoms with Crippen molar-refractivity contribution in [1.82, 2.24) is 10.6 Å². The van der Waals surface area contributed by atoms with Crippen LogP contribution in [-0.4, -0.2) is 37.2 Å². The Labute approximate surface area is 202 Å². The van der Waals surface area contributed by atoms with Gasteiger partial charge in [-0.2, -0.15) is 0 Å². The molecule has 0 heterocycles. The minimum Gasteiger partial charge on any atom is -0.467 e. The van der Waals surface area contributed by atoms with Gasteiger partial charge in [0, 0.05) is 9.99 Å². The van der Waals surface area contributed by atoms with E-state index in [1.807, 2.05) is 68.4 Å². The van der Waals surface area contributed by atoms with Crippen LogP contribution in [0.1, 0.15) is 31.4 Å². The van der Waals surface area contributed by atoms with Crippen molar-refractivity contribution >= 4 is 40.6 Å². The van der Waals surface area contributed by atoms with E-state index in [2.05, 4.69) is 33.2 Å². The number of esters is 1. The van der Waals surface area contributed by atoms with Crippen LogP contribution in [0.4, 0.5) is 4.79 Å². The summed E-state index contributed by atoms with van der Waals surface area (Å²) in [6.07, 6.45) is -0.0206. The lowest BCUT2D eigenvalue weighted by molar-refractivity contribution is -0.145. The molecule has 32 heavy (non-hydrogen) atoms. The zero-order valence-corrected chi connectivity index (χ0v) is 20.6. The van der Waals surface area contributed by atoms with Gasteiger partial charge in [-0.05, 0) is 58.2 Å². The Morgan fingerprint density at radius 1 is 0.938 bits per heavy atom. The van der Waals surface area contributed by atoms with E-state index in [-0.39, 0.29) is 18.9 Å². The maximum Gasteiger partial charge on any atom is 0.408 e. The van der Waals surface area contributed by atoms with Gasteiger partial charge < -0.3 is 20.1 Å². The number of halogens is 1. The van der Waals surface area contributed by atoms with Gasteiger partial charge in [0.25, 0.3) is 0 Å². The van der Waals surface area contributed by atoms with Gasteiger partial charge in [0.1, 0.15) is 18.7 Å². The van der Waals surface area contributed by atoms with Crippen molar-refractivity contribution < 1.29 is 23.9 Å². The maximum absolute atomic E-state index is 13.0. The molecule has 2 rings (SSSR count). The van der Waals surface area contributed by atoms with Gasteiger partial charge in [-0.15, -0.1) is 0 Å². The Balaban J connectivity index is 2.04. The van der Waals surface area contributed by atoms with E-state index < -0.39 is 30.1 Å². The molecule has 2 amide bonds. The van der Waals surface area contributed by atoms with Crippen LogP contribution in [-0.2, 0) is 32.1 Å². The highest BCUT2D eigenvalue weighted by Gasteiger charge is 2.28. The molecule has 172 valence electrons. The number of carbonyl (C=O) groups excluding carboxylic acids is 3. The van der Waals surface area contributed by atoms with Crippen LogP contribution in [0.3, 0.4) is 0 Å². The third-order valence-corrected chi connectivity index (χ3v) is 5.33. The number of carbonyl (C=O) groups is 3. The SMILES string of the molecule is COC(=O)[C@H](Cc1cccc(I)c1)NC(=O)[C@H](CC(C)C)NC(=O)OCc1ccccc1. The number of alkyl carbamates (subject to hydrolysis) is 1. The molecule has 2 atom stereocenters. The molecule has 0 aliphatic heterocycles. The molecule has 0 bridgehead atoms. The van der Waals surface area contributed by atoms with E-state index in [0.29, 0.717) is 6.42 Å². The molecule has 0 fully saturated rings. The average molecular weight is 552 g/mol. The summed E-state index contributed by atoms with van der Waals surface area (Å²) in [6, 6.07) is 15.2. The van der Waals surface area contributed by atoms with Crippen molar-refractivity contribution in [2.24, 2.45) is 5.92 Å². The van der Waals surface area contributed by atoms with Gasteiger partial charge in [-0.25, -0.2) is 9.59 Å². The number of benzene rings is 2. The standard InChI is InChI=1S/C24H29IN2O5/c1-16(2)12-20(27-24(30)32-15-17-8-5-4-6-9-17)22(28)26-21(23(29)31-3)14-18-10-7-11-19(25)13-18/h4-11,13,16,20-21H,12,14-15H2,1-3H3,(H,26,28)(H,27,30)/t20-,21-/m0/s1. The third-order valence-electron chi connectivity index (χ3n) is 4.66. The van der Waals surface area contributed by atoms with Gasteiger partial charge in [0.2, 0.25) is 5.91 Å². The van der Waals surface area contributed by atoms with Crippen molar-refractivity contribution in [1.29, 1.82) is 0 Å². The molecule has 0 spiro atoms. The Morgan fingerprint density at radius 3 is 2.25 bits per heavy atom. The van der Waals surface area contributed by atoms with Gasteiger partial charge in [-0.1, -0.05) is 56.3 Å². The van der Waals surface area contributed by atoms with E-state index in [4.69, 9.17) is 9.47 Å². The molecule has 0 unspecified atom stereocenters. The lowest BCUT2D eigenvalue weighted by Gasteiger charge is -2.23. The molecular weight excluding hydrogens is 523 g/mol. The fourth-order valence-electron chi connectivity index (χ4n) is 3.12. The van der Waals surface area contributed by atoms with Gasteiger partial charge in [0.05, 0.1) is 7.11 Å². The van der Waals surface area contributed by atoms with E-state index in [1.165, 1.54) is 7.11 Å². The Morgan fingerprint density at radius 2 is 1.62 bits per heavy atom. The quantitative estimate of drug-likeness (QED) is 0.345. The Kier molecular flexibility index (Phi) is 10.5. The van der Waals surface area contributed by atoms with Gasteiger partial charge in [0.15, 0.2) is 0 Å². The van der Waals surface area contributed by atoms with Crippen LogP contribution in [0.15, 0.2) is 54.6 Å². The third kappa shape index (κ3) is 8.86. The highest BCUT2D eigenvalue weighted by Crippen LogP contribution is 2.12. The fraction of sp³-hybridized carbons (Fsp3) is 0.375. The van der Waals surface area contributed by atoms with Crippen LogP contribution in [0, 0.1) is 9.49 Å². The van der Waals surface area contributed by atoms with E-state index >= 15 is 0 Å². The summed E-state index contributed by atoms with van der Waals surface area (Å²) in [5, 5.41) is 5.36. The zero-order valence-electron chi connectivity index (χ0n) is 18.5. The minimum absolute atomic E-state index is 0.0973. The molecule has 2 N–H and O–H groups in total. The van der Waals surface area contributed by atoms with Crippen LogP contribution >= 0.6 is 22.6 Å². The summed E-state index contributed by atoms with van der Waals surface area (Å²) in [6.45, 7) is 3.99. The summed E-state index contributed by atoms with van der Waals surface area (Å²) in [5.74, 6) is -0.879. The molecule has 8 heteroatoms. The molecule has 0 aromatic heterocycles. The lowest BCUT2D eigenvalue weighted by atomic mass is 10.0. The zero-order chi connectivity index (χ0) is 23.5. The number of ether oxygens (including phenoxy) is 2. The second-order valence-electron chi connectivity index (χ2n) is 7.81. The Bertz CT molecular complexity index is 904. The van der Waals surface area contributed by atoms with E-state index in [0.717, 1.165) is 14.7 Å². The summed E-state index contributed by atoms with van der Waals surface area (Å²) < 4.78 is 11.2. The fourth-order valence-corrected chi connectivity index (χ4v) is 3.73. The second-order valence-corrected chi connectivity index (χ2v) is 9.05. The molecule has 0 radical (unpaired) electrons. The van der Waals surface area contributed by atoms with Crippen molar-refractivity contribution in [2.45, 2.75) is 45.4 Å². The van der Waals surface area contributed by atoms with Crippen molar-refractivity contribution in [3.8, 4) is 0 Å². The molecular formula is C24H29IN2O5. The van der Waals surface area contributed by atoms with Crippen molar-refractivity contribution in [3.05, 3.63) is 69.3 Å². The number of hydrogen-bond donors (Lipinski definition) is 2. The summed E-state index contributed by atoms with van der Waals surface area (Å²) >= 11 is 2.19. The minimum atomic E-state index is -0.873. The van der Waals surface area contributed by atoms with Crippen molar-refractivity contribution in [2.75, 3.05) is 7.11 Å². The molecule has 0 aliphatic carbocycles. The predicted molar refractivity (Wildman–Crippen MR) is 130 cm³/mol. The molecule has 2 aromatic rings. The molecule has 2 aromatic carbocycles. The largest absolute Gasteiger partial charge is 0.467 e. The Hall–Kier alpha value is -2.62. The van der Waals surface area contributed by atoms with E-state index in [1.54, 1.807) is 0 Å². The normalized spacial score (nSPS) is 12.5. The number of rotatable bonds is 10. The van der Waals surface area contributed by atoms with Crippen molar-refractivity contribution in [3.63, 3.8) is 0 Å². The smallest absolute Gasteiger partial charge is 0.408 e. The monoisotopic (exact) mass is 552 g/mol. The summed E-state index contributed by atoms with van der Waals surface area (Å²) in [5.41, 5.74) is 1.74. The van der Waals surface area contributed by atoms with E-state index in [9.17, 15) is 14.4 Å². The molecule has 0 aliphatic rings. The summed E-state index contributed by atoms with van der Waals surface area (Å²) in [7, 11) is 1.28. The highest BCUT2D eigenvalue weighted by atomic mass is 127. The molecule has 0 saturated carbocycles. The first kappa shape index (κ1) is 25.6. The number of amides is 2. The van der Waals surface area contributed by atoms with Crippen LogP contribution in [0.5, 0.6) is 0 Å². The summed E-state index contributed by atoms with van der Waals surface area (Å²) in [4.78, 5) is 37.6. The number of hydrogen-bond acceptors (Lipinski definition) is 5. The van der Waals surface area contributed by atoms with Gasteiger partial charge >= 0.3 is 12.1 Å². The average Bonchev–Trinajstić information content (AvgIpc) is 2.76. The first-order valence-corrected chi connectivity index (χ1v) is 11.5. The predicted octanol–water partition coefficient (Wildman–Crippen LogP) is 3.83. The highest BCUT2D eigenvalue weighted by molar-refractivity contribution is 14.1. The molecule has 7 nitrogen and oxygen atoms in total. The van der Waals surface area contributed by atoms with Crippen LogP contribution in [0.25, 0.3) is 0 Å². The number of methoxy groups -OCH3 is 1. The van der Waals surface area contributed by atoms with Crippen LogP contribution < -0.4 is 10.6 Å². The van der Waals surface area contributed by atoms with Crippen LogP contribution in [0.2, 0.25) is 0 Å². The molecule has 0 saturated heterocycles. The maximum atomic E-state index is 13.0. The first-order valence-electron chi connectivity index (χ1n) is 10.4. The second kappa shape index (κ2) is 13.0. The topological polar surface area (TPSA) is 93.7 Å². The lowest BCUT2D eigenvalue weighted by Crippen LogP contribution is -2.53. The number of nitrogens with one attached hydrogen (secondary N) is 2. The van der Waals surface area contributed by atoms with Gasteiger partial charge in [-0.3, -0.25) is 4.79 Å². The first-order chi connectivity index (χ1) is 15.3.